The van der Waals surface area contributed by atoms with E-state index in [2.05, 4.69) is 4.98 Å². The van der Waals surface area contributed by atoms with E-state index in [0.29, 0.717) is 39.5 Å². The number of aromatic nitrogens is 2. The molecule has 8 heteroatoms. The molecular formula is C24H17N3O5. The molecule has 0 atom stereocenters. The third-order valence-electron chi connectivity index (χ3n) is 5.22. The van der Waals surface area contributed by atoms with Gasteiger partial charge in [-0.1, -0.05) is 29.8 Å². The largest absolute Gasteiger partial charge is 0.454 e. The Morgan fingerprint density at radius 2 is 1.75 bits per heavy atom. The molecule has 0 unspecified atom stereocenters. The quantitative estimate of drug-likeness (QED) is 0.351. The average molecular weight is 427 g/mol. The van der Waals surface area contributed by atoms with E-state index >= 15 is 0 Å². The first-order chi connectivity index (χ1) is 15.5. The number of ether oxygens (including phenoxy) is 2. The van der Waals surface area contributed by atoms with Gasteiger partial charge in [-0.3, -0.25) is 19.5 Å². The highest BCUT2D eigenvalue weighted by molar-refractivity contribution is 5.81. The number of rotatable bonds is 4. The Kier molecular flexibility index (Phi) is 4.67. The van der Waals surface area contributed by atoms with Crippen LogP contribution in [0.3, 0.4) is 0 Å². The number of hydrogen-bond donors (Lipinski definition) is 0. The van der Waals surface area contributed by atoms with E-state index in [4.69, 9.17) is 9.47 Å². The van der Waals surface area contributed by atoms with Crippen molar-refractivity contribution in [2.75, 3.05) is 6.79 Å². The van der Waals surface area contributed by atoms with Crippen LogP contribution in [-0.4, -0.2) is 21.3 Å². The highest BCUT2D eigenvalue weighted by atomic mass is 16.7. The van der Waals surface area contributed by atoms with Gasteiger partial charge in [-0.05, 0) is 49.4 Å². The van der Waals surface area contributed by atoms with E-state index in [0.717, 1.165) is 5.56 Å². The lowest BCUT2D eigenvalue weighted by Gasteiger charge is -2.12. The maximum absolute atomic E-state index is 13.3. The summed E-state index contributed by atoms with van der Waals surface area (Å²) < 4.78 is 12.1. The Hall–Kier alpha value is -4.46. The van der Waals surface area contributed by atoms with Crippen molar-refractivity contribution in [2.24, 2.45) is 0 Å². The van der Waals surface area contributed by atoms with Gasteiger partial charge in [0.2, 0.25) is 6.79 Å². The van der Waals surface area contributed by atoms with Crippen molar-refractivity contribution in [3.63, 3.8) is 0 Å². The molecule has 4 aromatic rings. The van der Waals surface area contributed by atoms with Gasteiger partial charge in [-0.25, -0.2) is 4.98 Å². The number of nitro benzene ring substituents is 1. The van der Waals surface area contributed by atoms with Crippen LogP contribution in [-0.2, 0) is 0 Å². The lowest BCUT2D eigenvalue weighted by atomic mass is 10.1. The van der Waals surface area contributed by atoms with Crippen molar-refractivity contribution in [2.45, 2.75) is 6.92 Å². The summed E-state index contributed by atoms with van der Waals surface area (Å²) in [5.41, 5.74) is 2.22. The lowest BCUT2D eigenvalue weighted by molar-refractivity contribution is -0.385. The van der Waals surface area contributed by atoms with Crippen molar-refractivity contribution in [1.82, 2.24) is 9.55 Å². The zero-order valence-electron chi connectivity index (χ0n) is 17.0. The van der Waals surface area contributed by atoms with Gasteiger partial charge < -0.3 is 9.47 Å². The third kappa shape index (κ3) is 3.37. The monoisotopic (exact) mass is 427 g/mol. The summed E-state index contributed by atoms with van der Waals surface area (Å²) in [6.07, 6.45) is 3.15. The van der Waals surface area contributed by atoms with E-state index in [1.54, 1.807) is 42.5 Å². The summed E-state index contributed by atoms with van der Waals surface area (Å²) in [7, 11) is 0. The SMILES string of the molecule is Cc1ccc(-n2c(C=Cc3cc4c(cc3[N+](=O)[O-])OCO4)nc3ccccc3c2=O)cc1. The van der Waals surface area contributed by atoms with E-state index in [9.17, 15) is 14.9 Å². The number of nitro groups is 1. The van der Waals surface area contributed by atoms with Gasteiger partial charge in [0.25, 0.3) is 11.2 Å². The van der Waals surface area contributed by atoms with E-state index in [1.165, 1.54) is 10.6 Å². The molecule has 0 radical (unpaired) electrons. The van der Waals surface area contributed by atoms with Crippen molar-refractivity contribution in [1.29, 1.82) is 0 Å². The van der Waals surface area contributed by atoms with Gasteiger partial charge in [-0.2, -0.15) is 0 Å². The second-order valence-corrected chi connectivity index (χ2v) is 7.32. The Morgan fingerprint density at radius 1 is 1.03 bits per heavy atom. The molecular weight excluding hydrogens is 410 g/mol. The van der Waals surface area contributed by atoms with E-state index in [-0.39, 0.29) is 18.0 Å². The second kappa shape index (κ2) is 7.66. The lowest BCUT2D eigenvalue weighted by Crippen LogP contribution is -2.22. The summed E-state index contributed by atoms with van der Waals surface area (Å²) in [6, 6.07) is 17.5. The van der Waals surface area contributed by atoms with Gasteiger partial charge in [0.05, 0.1) is 33.1 Å². The number of nitrogens with zero attached hydrogens (tertiary/aromatic N) is 3. The highest BCUT2D eigenvalue weighted by Gasteiger charge is 2.22. The van der Waals surface area contributed by atoms with Gasteiger partial charge in [-0.15, -0.1) is 0 Å². The van der Waals surface area contributed by atoms with Gasteiger partial charge in [0.15, 0.2) is 11.5 Å². The maximum Gasteiger partial charge on any atom is 0.280 e. The molecule has 0 bridgehead atoms. The molecule has 0 amide bonds. The molecule has 1 aliphatic rings. The zero-order chi connectivity index (χ0) is 22.2. The minimum atomic E-state index is -0.484. The van der Waals surface area contributed by atoms with Crippen molar-refractivity contribution in [3.05, 3.63) is 98.1 Å². The standard InChI is InChI=1S/C24H17N3O5/c1-15-6-9-17(10-7-15)26-23(25-19-5-3-2-4-18(19)24(26)28)11-8-16-12-21-22(32-14-31-21)13-20(16)27(29)30/h2-13H,14H2,1H3. The average Bonchev–Trinajstić information content (AvgIpc) is 3.25. The molecule has 1 aliphatic heterocycles. The zero-order valence-corrected chi connectivity index (χ0v) is 17.0. The van der Waals surface area contributed by atoms with Gasteiger partial charge in [0, 0.05) is 0 Å². The van der Waals surface area contributed by atoms with E-state index < -0.39 is 4.92 Å². The fourth-order valence-corrected chi connectivity index (χ4v) is 3.61. The van der Waals surface area contributed by atoms with Crippen LogP contribution in [0, 0.1) is 17.0 Å². The van der Waals surface area contributed by atoms with Crippen LogP contribution >= 0.6 is 0 Å². The highest BCUT2D eigenvalue weighted by Crippen LogP contribution is 2.38. The molecule has 8 nitrogen and oxygen atoms in total. The number of aryl methyl sites for hydroxylation is 1. The predicted octanol–water partition coefficient (Wildman–Crippen LogP) is 4.50. The normalized spacial score (nSPS) is 12.5. The van der Waals surface area contributed by atoms with Crippen molar-refractivity contribution >= 4 is 28.7 Å². The van der Waals surface area contributed by atoms with Gasteiger partial charge >= 0.3 is 0 Å². The number of hydrogen-bond acceptors (Lipinski definition) is 6. The first-order valence-electron chi connectivity index (χ1n) is 9.86. The summed E-state index contributed by atoms with van der Waals surface area (Å²) in [6.45, 7) is 1.98. The second-order valence-electron chi connectivity index (χ2n) is 7.32. The predicted molar refractivity (Wildman–Crippen MR) is 120 cm³/mol. The Balaban J connectivity index is 1.70. The van der Waals surface area contributed by atoms with Crippen LogP contribution in [0.1, 0.15) is 17.0 Å². The van der Waals surface area contributed by atoms with Crippen LogP contribution in [0.2, 0.25) is 0 Å². The Bertz CT molecular complexity index is 1460. The smallest absolute Gasteiger partial charge is 0.280 e. The minimum Gasteiger partial charge on any atom is -0.454 e. The molecule has 0 N–H and O–H groups in total. The van der Waals surface area contributed by atoms with Crippen LogP contribution in [0.25, 0.3) is 28.7 Å². The van der Waals surface area contributed by atoms with E-state index in [1.807, 2.05) is 31.2 Å². The Morgan fingerprint density at radius 3 is 2.50 bits per heavy atom. The van der Waals surface area contributed by atoms with Crippen LogP contribution in [0.4, 0.5) is 5.69 Å². The summed E-state index contributed by atoms with van der Waals surface area (Å²) in [5.74, 6) is 1.11. The molecule has 2 heterocycles. The summed E-state index contributed by atoms with van der Waals surface area (Å²) in [4.78, 5) is 29.1. The number of benzene rings is 3. The number of fused-ring (bicyclic) bond motifs is 2. The molecule has 32 heavy (non-hydrogen) atoms. The third-order valence-corrected chi connectivity index (χ3v) is 5.22. The maximum atomic E-state index is 13.3. The molecule has 5 rings (SSSR count). The molecule has 0 saturated carbocycles. The van der Waals surface area contributed by atoms with Crippen LogP contribution in [0.15, 0.2) is 65.5 Å². The molecule has 0 aliphatic carbocycles. The topological polar surface area (TPSA) is 96.5 Å². The minimum absolute atomic E-state index is 0.0127. The van der Waals surface area contributed by atoms with Crippen LogP contribution in [0.5, 0.6) is 11.5 Å². The fourth-order valence-electron chi connectivity index (χ4n) is 3.61. The molecule has 0 saturated heterocycles. The Labute approximate surface area is 182 Å². The summed E-state index contributed by atoms with van der Waals surface area (Å²) >= 11 is 0. The molecule has 3 aromatic carbocycles. The van der Waals surface area contributed by atoms with Gasteiger partial charge in [0.1, 0.15) is 5.82 Å². The first kappa shape index (κ1) is 19.5. The van der Waals surface area contributed by atoms with Crippen LogP contribution < -0.4 is 15.0 Å². The molecule has 0 spiro atoms. The van der Waals surface area contributed by atoms with Crippen molar-refractivity contribution in [3.8, 4) is 17.2 Å². The molecule has 0 fully saturated rings. The molecule has 1 aromatic heterocycles. The van der Waals surface area contributed by atoms with Crippen molar-refractivity contribution < 1.29 is 14.4 Å². The summed E-state index contributed by atoms with van der Waals surface area (Å²) in [5, 5.41) is 12.1. The fraction of sp³-hybridized carbons (Fsp3) is 0.0833. The first-order valence-corrected chi connectivity index (χ1v) is 9.86. The number of para-hydroxylation sites is 1. The molecule has 158 valence electrons.